The van der Waals surface area contributed by atoms with Crippen LogP contribution in [0.3, 0.4) is 0 Å². The Hall–Kier alpha value is -2.27. The van der Waals surface area contributed by atoms with Gasteiger partial charge in [-0.1, -0.05) is 29.5 Å². The molecule has 1 heterocycles. The molecule has 2 N–H and O–H groups in total. The molecule has 102 valence electrons. The van der Waals surface area contributed by atoms with Crippen LogP contribution in [0.15, 0.2) is 42.5 Å². The van der Waals surface area contributed by atoms with Gasteiger partial charge >= 0.3 is 0 Å². The third-order valence-electron chi connectivity index (χ3n) is 2.94. The predicted octanol–water partition coefficient (Wildman–Crippen LogP) is 3.47. The average molecular weight is 286 g/mol. The summed E-state index contributed by atoms with van der Waals surface area (Å²) in [6, 6.07) is 13.6. The Morgan fingerprint density at radius 3 is 2.75 bits per heavy atom. The molecule has 1 aromatic heterocycles. The summed E-state index contributed by atoms with van der Waals surface area (Å²) in [5.74, 6) is 1.62. The molecule has 0 aliphatic rings. The second-order valence-electron chi connectivity index (χ2n) is 4.29. The van der Waals surface area contributed by atoms with E-state index < -0.39 is 0 Å². The van der Waals surface area contributed by atoms with Crippen molar-refractivity contribution in [1.82, 2.24) is 4.98 Å². The molecular weight excluding hydrogens is 272 g/mol. The lowest BCUT2D eigenvalue weighted by Crippen LogP contribution is -1.98. The Morgan fingerprint density at radius 2 is 2.00 bits per heavy atom. The normalized spacial score (nSPS) is 10.7. The number of para-hydroxylation sites is 1. The number of thiazole rings is 1. The highest BCUT2D eigenvalue weighted by Gasteiger charge is 2.09. The van der Waals surface area contributed by atoms with Crippen molar-refractivity contribution in [3.05, 3.63) is 48.0 Å². The quantitative estimate of drug-likeness (QED) is 0.798. The van der Waals surface area contributed by atoms with Crippen molar-refractivity contribution in [3.8, 4) is 11.5 Å². The molecular formula is C15H14N2O2S. The zero-order valence-corrected chi connectivity index (χ0v) is 11.8. The first-order valence-corrected chi connectivity index (χ1v) is 6.98. The van der Waals surface area contributed by atoms with E-state index in [1.165, 1.54) is 11.3 Å². The van der Waals surface area contributed by atoms with Crippen LogP contribution in [0.1, 0.15) is 5.56 Å². The molecule has 0 radical (unpaired) electrons. The molecule has 0 fully saturated rings. The first kappa shape index (κ1) is 12.7. The molecule has 0 unspecified atom stereocenters. The van der Waals surface area contributed by atoms with Crippen molar-refractivity contribution >= 4 is 26.7 Å². The van der Waals surface area contributed by atoms with Gasteiger partial charge in [0.1, 0.15) is 18.1 Å². The summed E-state index contributed by atoms with van der Waals surface area (Å²) < 4.78 is 12.2. The van der Waals surface area contributed by atoms with Gasteiger partial charge in [0.2, 0.25) is 0 Å². The molecule has 0 aliphatic heterocycles. The van der Waals surface area contributed by atoms with Gasteiger partial charge in [-0.05, 0) is 18.2 Å². The fraction of sp³-hybridized carbons (Fsp3) is 0.133. The molecule has 0 saturated heterocycles. The number of methoxy groups -OCH3 is 1. The number of anilines is 1. The summed E-state index contributed by atoms with van der Waals surface area (Å²) in [7, 11) is 1.65. The maximum absolute atomic E-state index is 5.75. The van der Waals surface area contributed by atoms with Crippen LogP contribution < -0.4 is 15.2 Å². The van der Waals surface area contributed by atoms with Gasteiger partial charge in [-0.2, -0.15) is 0 Å². The zero-order chi connectivity index (χ0) is 13.9. The highest BCUT2D eigenvalue weighted by molar-refractivity contribution is 7.22. The number of benzene rings is 2. The summed E-state index contributed by atoms with van der Waals surface area (Å²) >= 11 is 1.45. The fourth-order valence-corrected chi connectivity index (χ4v) is 2.74. The smallest absolute Gasteiger partial charge is 0.181 e. The molecule has 3 rings (SSSR count). The van der Waals surface area contributed by atoms with Crippen LogP contribution in [0.2, 0.25) is 0 Å². The molecule has 0 atom stereocenters. The van der Waals surface area contributed by atoms with Crippen LogP contribution in [0.5, 0.6) is 11.5 Å². The Kier molecular flexibility index (Phi) is 3.43. The molecule has 0 amide bonds. The number of hydrogen-bond donors (Lipinski definition) is 1. The minimum Gasteiger partial charge on any atom is -0.496 e. The number of fused-ring (bicyclic) bond motifs is 1. The molecule has 20 heavy (non-hydrogen) atoms. The van der Waals surface area contributed by atoms with Gasteiger partial charge in [0, 0.05) is 11.6 Å². The SMILES string of the molecule is COc1cc2sc(N)nc2cc1COc1ccccc1. The van der Waals surface area contributed by atoms with E-state index in [1.807, 2.05) is 42.5 Å². The second kappa shape index (κ2) is 5.38. The van der Waals surface area contributed by atoms with E-state index in [0.29, 0.717) is 11.7 Å². The summed E-state index contributed by atoms with van der Waals surface area (Å²) in [6.07, 6.45) is 0. The van der Waals surface area contributed by atoms with Gasteiger partial charge in [-0.3, -0.25) is 0 Å². The number of ether oxygens (including phenoxy) is 2. The number of hydrogen-bond acceptors (Lipinski definition) is 5. The number of nitrogens with zero attached hydrogens (tertiary/aromatic N) is 1. The van der Waals surface area contributed by atoms with E-state index in [9.17, 15) is 0 Å². The first-order valence-electron chi connectivity index (χ1n) is 6.17. The van der Waals surface area contributed by atoms with Crippen LogP contribution in [0.25, 0.3) is 10.2 Å². The largest absolute Gasteiger partial charge is 0.496 e. The van der Waals surface area contributed by atoms with E-state index in [4.69, 9.17) is 15.2 Å². The Balaban J connectivity index is 1.89. The third kappa shape index (κ3) is 2.53. The molecule has 2 aromatic carbocycles. The summed E-state index contributed by atoms with van der Waals surface area (Å²) in [5, 5.41) is 0.559. The first-order chi connectivity index (χ1) is 9.76. The molecule has 0 saturated carbocycles. The number of rotatable bonds is 4. The number of aromatic nitrogens is 1. The predicted molar refractivity (Wildman–Crippen MR) is 81.4 cm³/mol. The van der Waals surface area contributed by atoms with E-state index >= 15 is 0 Å². The lowest BCUT2D eigenvalue weighted by atomic mass is 10.2. The summed E-state index contributed by atoms with van der Waals surface area (Å²) in [6.45, 7) is 0.431. The lowest BCUT2D eigenvalue weighted by Gasteiger charge is -2.10. The van der Waals surface area contributed by atoms with Gasteiger partial charge < -0.3 is 15.2 Å². The Morgan fingerprint density at radius 1 is 1.20 bits per heavy atom. The molecule has 0 bridgehead atoms. The van der Waals surface area contributed by atoms with Crippen molar-refractivity contribution in [3.63, 3.8) is 0 Å². The monoisotopic (exact) mass is 286 g/mol. The maximum Gasteiger partial charge on any atom is 0.181 e. The highest BCUT2D eigenvalue weighted by Crippen LogP contribution is 2.31. The molecule has 0 aliphatic carbocycles. The van der Waals surface area contributed by atoms with Crippen LogP contribution in [-0.4, -0.2) is 12.1 Å². The van der Waals surface area contributed by atoms with E-state index in [1.54, 1.807) is 7.11 Å². The minimum absolute atomic E-state index is 0.431. The fourth-order valence-electron chi connectivity index (χ4n) is 2.00. The van der Waals surface area contributed by atoms with Crippen LogP contribution in [-0.2, 0) is 6.61 Å². The van der Waals surface area contributed by atoms with Gasteiger partial charge in [0.25, 0.3) is 0 Å². The van der Waals surface area contributed by atoms with Gasteiger partial charge in [0.05, 0.1) is 17.3 Å². The van der Waals surface area contributed by atoms with Crippen LogP contribution >= 0.6 is 11.3 Å². The average Bonchev–Trinajstić information content (AvgIpc) is 2.84. The second-order valence-corrected chi connectivity index (χ2v) is 5.35. The standard InChI is InChI=1S/C15H14N2O2S/c1-18-13-8-14-12(17-15(16)20-14)7-10(13)9-19-11-5-3-2-4-6-11/h2-8H,9H2,1H3,(H2,16,17). The van der Waals surface area contributed by atoms with E-state index in [0.717, 1.165) is 27.3 Å². The van der Waals surface area contributed by atoms with Gasteiger partial charge in [-0.15, -0.1) is 0 Å². The maximum atomic E-state index is 5.75. The molecule has 0 spiro atoms. The van der Waals surface area contributed by atoms with Crippen LogP contribution in [0.4, 0.5) is 5.13 Å². The molecule has 3 aromatic rings. The molecule has 5 heteroatoms. The Bertz CT molecular complexity index is 725. The van der Waals surface area contributed by atoms with Gasteiger partial charge in [0.15, 0.2) is 5.13 Å². The van der Waals surface area contributed by atoms with Crippen molar-refractivity contribution in [2.24, 2.45) is 0 Å². The van der Waals surface area contributed by atoms with Crippen LogP contribution in [0, 0.1) is 0 Å². The van der Waals surface area contributed by atoms with Crippen molar-refractivity contribution in [1.29, 1.82) is 0 Å². The van der Waals surface area contributed by atoms with Gasteiger partial charge in [-0.25, -0.2) is 4.98 Å². The van der Waals surface area contributed by atoms with E-state index in [2.05, 4.69) is 4.98 Å². The lowest BCUT2D eigenvalue weighted by molar-refractivity contribution is 0.297. The van der Waals surface area contributed by atoms with Crippen molar-refractivity contribution in [2.45, 2.75) is 6.61 Å². The number of nitrogen functional groups attached to an aromatic ring is 1. The highest BCUT2D eigenvalue weighted by atomic mass is 32.1. The summed E-state index contributed by atoms with van der Waals surface area (Å²) in [4.78, 5) is 4.29. The molecule has 4 nitrogen and oxygen atoms in total. The minimum atomic E-state index is 0.431. The topological polar surface area (TPSA) is 57.4 Å². The zero-order valence-electron chi connectivity index (χ0n) is 11.0. The van der Waals surface area contributed by atoms with Crippen molar-refractivity contribution < 1.29 is 9.47 Å². The number of nitrogens with two attached hydrogens (primary N) is 1. The Labute approximate surface area is 120 Å². The van der Waals surface area contributed by atoms with Crippen molar-refractivity contribution in [2.75, 3.05) is 12.8 Å². The summed E-state index contributed by atoms with van der Waals surface area (Å²) in [5.41, 5.74) is 7.56. The third-order valence-corrected chi connectivity index (χ3v) is 3.79. The van der Waals surface area contributed by atoms with E-state index in [-0.39, 0.29) is 0 Å².